The van der Waals surface area contributed by atoms with Crippen LogP contribution in [0.15, 0.2) is 297 Å². The van der Waals surface area contributed by atoms with E-state index in [0.29, 0.717) is 0 Å². The number of rotatable bonds is 14. The van der Waals surface area contributed by atoms with E-state index in [-0.39, 0.29) is 32.5 Å². The van der Waals surface area contributed by atoms with Crippen LogP contribution >= 0.6 is 0 Å². The van der Waals surface area contributed by atoms with E-state index < -0.39 is 0 Å². The predicted octanol–water partition coefficient (Wildman–Crippen LogP) is 30.2. The van der Waals surface area contributed by atoms with Crippen LogP contribution in [0.1, 0.15) is 191 Å². The standard InChI is InChI=1S/C115H100/c1-69-56-84(74-34-28-70(29-35-74)20-18-22-72-32-46-88-92-50-40-78(63-104(92)112(6,7)100(88)58-72)82-44-54-96-94-52-42-80(65-106(94)114(10,11)108(96)67-82)76-38-48-90-86-24-14-16-26-98(86)110(2,3)102(90)61-76)60-85(57-69)75-36-30-71(31-37-75)21-19-23-73-33-47-89-93-51-41-79(64-105(93)113(8,9)101(89)59-73)83-45-55-97-95-53-43-81(66-107(95)115(12,13)109(97)68-83)77-39-49-91-87-25-15-17-27-99(87)111(4,5)103(91)62-77/h14-17,24-68H,18-23H2,1-13H3. The van der Waals surface area contributed by atoms with Crippen molar-refractivity contribution in [1.82, 2.24) is 0 Å². The molecule has 6 aliphatic rings. The summed E-state index contributed by atoms with van der Waals surface area (Å²) in [5.74, 6) is 0. The highest BCUT2D eigenvalue weighted by Crippen LogP contribution is 2.58. The van der Waals surface area contributed by atoms with Gasteiger partial charge in [0.15, 0.2) is 0 Å². The molecule has 0 aliphatic heterocycles. The minimum Gasteiger partial charge on any atom is -0.0619 e. The normalized spacial score (nSPS) is 15.8. The van der Waals surface area contributed by atoms with Crippen LogP contribution in [0.3, 0.4) is 0 Å². The molecule has 0 heterocycles. The minimum atomic E-state index is -0.140. The van der Waals surface area contributed by atoms with Crippen LogP contribution in [0, 0.1) is 6.92 Å². The van der Waals surface area contributed by atoms with E-state index in [2.05, 4.69) is 387 Å². The Morgan fingerprint density at radius 2 is 0.348 bits per heavy atom. The second kappa shape index (κ2) is 25.7. The fourth-order valence-electron chi connectivity index (χ4n) is 22.0. The first-order valence-electron chi connectivity index (χ1n) is 42.3. The summed E-state index contributed by atoms with van der Waals surface area (Å²) in [6.45, 7) is 31.2. The molecule has 6 aliphatic carbocycles. The summed E-state index contributed by atoms with van der Waals surface area (Å²) in [6, 6.07) is 116. The third kappa shape index (κ3) is 11.1. The average Bonchev–Trinajstić information content (AvgIpc) is 1.51. The fraction of sp³-hybridized carbons (Fsp3) is 0.217. The molecular weight excluding hydrogens is 1380 g/mol. The fourth-order valence-corrected chi connectivity index (χ4v) is 22.0. The SMILES string of the molecule is Cc1cc(-c2ccc(CCCc3ccc4c(c3)C(C)(C)c3cc(-c5ccc6c(c5)C(C)(C)c5cc(-c7ccc8c(c7)C(C)(C)c7ccccc7-8)ccc5-6)ccc3-4)cc2)cc(-c2ccc(CCCc3ccc4c(c3)C(C)(C)c3cc(-c5ccc6c(c5)C(C)(C)c5cc(-c7ccc8c(c7)C(C)(C)c7ccccc7-8)ccc5-6)ccc3-4)cc2)c1. The number of benzene rings is 15. The van der Waals surface area contributed by atoms with Crippen LogP contribution in [0.5, 0.6) is 0 Å². The molecule has 0 fully saturated rings. The molecule has 0 spiro atoms. The van der Waals surface area contributed by atoms with Crippen LogP contribution in [0.2, 0.25) is 0 Å². The Hall–Kier alpha value is -11.7. The molecule has 15 aromatic rings. The van der Waals surface area contributed by atoms with Crippen molar-refractivity contribution in [2.45, 2.75) is 161 Å². The second-order valence-electron chi connectivity index (χ2n) is 37.9. The van der Waals surface area contributed by atoms with Crippen LogP contribution in [-0.4, -0.2) is 0 Å². The maximum Gasteiger partial charge on any atom is 0.0159 e. The van der Waals surface area contributed by atoms with Gasteiger partial charge >= 0.3 is 0 Å². The van der Waals surface area contributed by atoms with E-state index >= 15 is 0 Å². The van der Waals surface area contributed by atoms with E-state index in [9.17, 15) is 0 Å². The molecule has 0 unspecified atom stereocenters. The smallest absolute Gasteiger partial charge is 0.0159 e. The Morgan fingerprint density at radius 3 is 0.609 bits per heavy atom. The van der Waals surface area contributed by atoms with E-state index in [4.69, 9.17) is 0 Å². The van der Waals surface area contributed by atoms with Gasteiger partial charge in [-0.3, -0.25) is 0 Å². The summed E-state index contributed by atoms with van der Waals surface area (Å²) in [5, 5.41) is 0. The number of hydrogen-bond acceptors (Lipinski definition) is 0. The van der Waals surface area contributed by atoms with Gasteiger partial charge in [-0.15, -0.1) is 0 Å². The lowest BCUT2D eigenvalue weighted by Crippen LogP contribution is -2.16. The van der Waals surface area contributed by atoms with Crippen LogP contribution in [-0.2, 0) is 58.2 Å². The zero-order chi connectivity index (χ0) is 78.6. The molecule has 0 saturated carbocycles. The Kier molecular flexibility index (Phi) is 15.9. The maximum absolute atomic E-state index is 2.52. The summed E-state index contributed by atoms with van der Waals surface area (Å²) in [4.78, 5) is 0. The van der Waals surface area contributed by atoms with Crippen LogP contribution in [0.4, 0.5) is 0 Å². The Morgan fingerprint density at radius 1 is 0.157 bits per heavy atom. The molecule has 115 heavy (non-hydrogen) atoms. The lowest BCUT2D eigenvalue weighted by molar-refractivity contribution is 0.658. The molecule has 0 aromatic heterocycles. The molecule has 0 radical (unpaired) electrons. The van der Waals surface area contributed by atoms with Gasteiger partial charge in [0.1, 0.15) is 0 Å². The molecule has 0 bridgehead atoms. The van der Waals surface area contributed by atoms with Gasteiger partial charge in [0, 0.05) is 32.5 Å². The molecule has 0 saturated heterocycles. The number of hydrogen-bond donors (Lipinski definition) is 0. The average molecular weight is 1480 g/mol. The zero-order valence-corrected chi connectivity index (χ0v) is 69.0. The third-order valence-electron chi connectivity index (χ3n) is 28.8. The van der Waals surface area contributed by atoms with Crippen molar-refractivity contribution in [1.29, 1.82) is 0 Å². The van der Waals surface area contributed by atoms with E-state index in [1.807, 2.05) is 0 Å². The van der Waals surface area contributed by atoms with Gasteiger partial charge in [-0.05, 0) is 328 Å². The minimum absolute atomic E-state index is 0.0306. The number of aryl methyl sites for hydroxylation is 5. The largest absolute Gasteiger partial charge is 0.0619 e. The maximum atomic E-state index is 2.52. The summed E-state index contributed by atoms with van der Waals surface area (Å²) in [5.41, 5.74) is 55.2. The van der Waals surface area contributed by atoms with Crippen molar-refractivity contribution in [3.63, 3.8) is 0 Å². The molecule has 0 amide bonds. The highest BCUT2D eigenvalue weighted by Gasteiger charge is 2.43. The van der Waals surface area contributed by atoms with Gasteiger partial charge in [0.25, 0.3) is 0 Å². The van der Waals surface area contributed by atoms with Crippen molar-refractivity contribution >= 4 is 0 Å². The molecule has 0 atom stereocenters. The molecule has 0 nitrogen and oxygen atoms in total. The molecular formula is C115H100. The first-order valence-corrected chi connectivity index (χ1v) is 42.3. The Labute approximate surface area is 681 Å². The third-order valence-corrected chi connectivity index (χ3v) is 28.8. The van der Waals surface area contributed by atoms with Crippen molar-refractivity contribution in [2.24, 2.45) is 0 Å². The zero-order valence-electron chi connectivity index (χ0n) is 69.0. The summed E-state index contributed by atoms with van der Waals surface area (Å²) < 4.78 is 0. The van der Waals surface area contributed by atoms with Gasteiger partial charge < -0.3 is 0 Å². The molecule has 0 N–H and O–H groups in total. The van der Waals surface area contributed by atoms with Gasteiger partial charge in [-0.25, -0.2) is 0 Å². The molecule has 15 aromatic carbocycles. The molecule has 560 valence electrons. The number of fused-ring (bicyclic) bond motifs is 18. The van der Waals surface area contributed by atoms with Crippen molar-refractivity contribution in [3.8, 4) is 134 Å². The monoisotopic (exact) mass is 1480 g/mol. The summed E-state index contributed by atoms with van der Waals surface area (Å²) >= 11 is 0. The molecule has 21 rings (SSSR count). The van der Waals surface area contributed by atoms with Gasteiger partial charge in [0.05, 0.1) is 0 Å². The lowest BCUT2D eigenvalue weighted by Gasteiger charge is -2.24. The van der Waals surface area contributed by atoms with Crippen molar-refractivity contribution in [2.75, 3.05) is 0 Å². The van der Waals surface area contributed by atoms with Crippen LogP contribution in [0.25, 0.3) is 134 Å². The highest BCUT2D eigenvalue weighted by atomic mass is 14.5. The van der Waals surface area contributed by atoms with E-state index in [1.165, 1.54) is 228 Å². The van der Waals surface area contributed by atoms with Gasteiger partial charge in [0.2, 0.25) is 0 Å². The first kappa shape index (κ1) is 71.1. The molecule has 0 heteroatoms. The quantitative estimate of drug-likeness (QED) is 0.102. The van der Waals surface area contributed by atoms with E-state index in [1.54, 1.807) is 0 Å². The summed E-state index contributed by atoms with van der Waals surface area (Å²) in [6.07, 6.45) is 6.41. The summed E-state index contributed by atoms with van der Waals surface area (Å²) in [7, 11) is 0. The Balaban J connectivity index is 0.435. The van der Waals surface area contributed by atoms with Crippen molar-refractivity contribution < 1.29 is 0 Å². The van der Waals surface area contributed by atoms with Gasteiger partial charge in [-0.1, -0.05) is 326 Å². The van der Waals surface area contributed by atoms with Crippen molar-refractivity contribution in [3.05, 3.63) is 392 Å². The first-order chi connectivity index (χ1) is 55.4. The van der Waals surface area contributed by atoms with Gasteiger partial charge in [-0.2, -0.15) is 0 Å². The highest BCUT2D eigenvalue weighted by molar-refractivity contribution is 5.93. The predicted molar refractivity (Wildman–Crippen MR) is 486 cm³/mol. The topological polar surface area (TPSA) is 0 Å². The van der Waals surface area contributed by atoms with Crippen LogP contribution < -0.4 is 0 Å². The Bertz CT molecular complexity index is 6220. The van der Waals surface area contributed by atoms with E-state index in [0.717, 1.165) is 38.5 Å². The second-order valence-corrected chi connectivity index (χ2v) is 37.9. The lowest BCUT2D eigenvalue weighted by atomic mass is 9.79.